The first-order valence-corrected chi connectivity index (χ1v) is 11.0. The maximum atomic E-state index is 10.0. The van der Waals surface area contributed by atoms with Gasteiger partial charge >= 0.3 is 0 Å². The minimum atomic E-state index is -0.650. The summed E-state index contributed by atoms with van der Waals surface area (Å²) in [5.41, 5.74) is 4.90. The van der Waals surface area contributed by atoms with Crippen LogP contribution in [0.25, 0.3) is 5.57 Å². The second-order valence-electron chi connectivity index (χ2n) is 8.95. The molecule has 2 rings (SSSR count). The molecular formula is C26H38O3. The Morgan fingerprint density at radius 3 is 2.66 bits per heavy atom. The molecule has 160 valence electrons. The number of allylic oxidation sites excluding steroid dienone is 3. The van der Waals surface area contributed by atoms with E-state index < -0.39 is 17.8 Å². The maximum Gasteiger partial charge on any atom is 0.0811 e. The van der Waals surface area contributed by atoms with E-state index in [0.29, 0.717) is 12.8 Å². The van der Waals surface area contributed by atoms with Crippen LogP contribution < -0.4 is 0 Å². The highest BCUT2D eigenvalue weighted by Gasteiger charge is 2.24. The molecule has 1 aromatic rings. The van der Waals surface area contributed by atoms with Gasteiger partial charge in [-0.1, -0.05) is 62.8 Å². The fourth-order valence-corrected chi connectivity index (χ4v) is 3.87. The molecule has 1 aromatic carbocycles. The van der Waals surface area contributed by atoms with Gasteiger partial charge in [0, 0.05) is 6.42 Å². The molecule has 0 radical (unpaired) electrons. The molecule has 0 amide bonds. The van der Waals surface area contributed by atoms with Crippen LogP contribution in [0.1, 0.15) is 76.8 Å². The van der Waals surface area contributed by atoms with Crippen LogP contribution in [0.3, 0.4) is 0 Å². The number of benzene rings is 1. The third-order valence-corrected chi connectivity index (χ3v) is 5.68. The van der Waals surface area contributed by atoms with Gasteiger partial charge in [-0.15, -0.1) is 0 Å². The molecule has 0 bridgehead atoms. The molecule has 2 atom stereocenters. The summed E-state index contributed by atoms with van der Waals surface area (Å²) in [5, 5.41) is 29.8. The Morgan fingerprint density at radius 1 is 1.21 bits per heavy atom. The lowest BCUT2D eigenvalue weighted by Gasteiger charge is -2.26. The van der Waals surface area contributed by atoms with Gasteiger partial charge in [0.1, 0.15) is 0 Å². The van der Waals surface area contributed by atoms with Crippen molar-refractivity contribution < 1.29 is 15.3 Å². The Labute approximate surface area is 176 Å². The van der Waals surface area contributed by atoms with Gasteiger partial charge in [0.05, 0.1) is 17.8 Å². The number of unbranched alkanes of at least 4 members (excludes halogenated alkanes) is 2. The van der Waals surface area contributed by atoms with E-state index in [1.165, 1.54) is 16.7 Å². The van der Waals surface area contributed by atoms with E-state index in [2.05, 4.69) is 43.8 Å². The fourth-order valence-electron chi connectivity index (χ4n) is 3.87. The van der Waals surface area contributed by atoms with Crippen molar-refractivity contribution in [2.24, 2.45) is 0 Å². The zero-order chi connectivity index (χ0) is 21.4. The van der Waals surface area contributed by atoms with E-state index in [-0.39, 0.29) is 0 Å². The van der Waals surface area contributed by atoms with Gasteiger partial charge in [0.2, 0.25) is 0 Å². The molecule has 3 nitrogen and oxygen atoms in total. The highest BCUT2D eigenvalue weighted by atomic mass is 16.3. The third kappa shape index (κ3) is 7.93. The van der Waals surface area contributed by atoms with Crippen LogP contribution in [0.4, 0.5) is 0 Å². The third-order valence-electron chi connectivity index (χ3n) is 5.68. The number of aliphatic hydroxyl groups is 3. The van der Waals surface area contributed by atoms with Crippen LogP contribution in [0, 0.1) is 0 Å². The second-order valence-corrected chi connectivity index (χ2v) is 8.95. The molecule has 0 spiro atoms. The van der Waals surface area contributed by atoms with Crippen molar-refractivity contribution >= 4 is 5.57 Å². The van der Waals surface area contributed by atoms with Gasteiger partial charge in [0.15, 0.2) is 0 Å². The van der Waals surface area contributed by atoms with Gasteiger partial charge in [-0.05, 0) is 73.8 Å². The monoisotopic (exact) mass is 398 g/mol. The summed E-state index contributed by atoms with van der Waals surface area (Å²) in [5.74, 6) is 0. The van der Waals surface area contributed by atoms with Crippen molar-refractivity contribution in [1.29, 1.82) is 0 Å². The Kier molecular flexibility index (Phi) is 8.88. The van der Waals surface area contributed by atoms with Crippen LogP contribution >= 0.6 is 0 Å². The molecule has 0 aromatic heterocycles. The molecule has 3 heteroatoms. The SMILES string of the molecule is C=C1/C(=C\C=C(\CC)c2cccc(CCCCCC(C)(C)O)c2)C[C@@H](O)C[C@@H]1O. The first kappa shape index (κ1) is 23.6. The lowest BCUT2D eigenvalue weighted by Crippen LogP contribution is -2.26. The summed E-state index contributed by atoms with van der Waals surface area (Å²) in [4.78, 5) is 0. The molecule has 29 heavy (non-hydrogen) atoms. The first-order chi connectivity index (χ1) is 13.7. The summed E-state index contributed by atoms with van der Waals surface area (Å²) in [7, 11) is 0. The van der Waals surface area contributed by atoms with Crippen LogP contribution in [0.15, 0.2) is 54.1 Å². The van der Waals surface area contributed by atoms with Gasteiger partial charge in [-0.2, -0.15) is 0 Å². The van der Waals surface area contributed by atoms with Crippen molar-refractivity contribution in [3.05, 3.63) is 65.3 Å². The molecule has 1 aliphatic rings. The van der Waals surface area contributed by atoms with E-state index in [4.69, 9.17) is 0 Å². The van der Waals surface area contributed by atoms with Crippen molar-refractivity contribution in [2.45, 2.75) is 89.9 Å². The number of hydrogen-bond donors (Lipinski definition) is 3. The molecule has 1 fully saturated rings. The average Bonchev–Trinajstić information content (AvgIpc) is 2.65. The number of aryl methyl sites for hydroxylation is 1. The molecule has 0 unspecified atom stereocenters. The van der Waals surface area contributed by atoms with E-state index in [9.17, 15) is 15.3 Å². The zero-order valence-corrected chi connectivity index (χ0v) is 18.3. The Hall–Kier alpha value is -1.68. The normalized spacial score (nSPS) is 22.3. The standard InChI is InChI=1S/C26H38O3/c1-5-21(13-14-22-17-24(27)18-25(28)19(22)2)23-12-9-11-20(16-23)10-7-6-8-15-26(3,4)29/h9,11-14,16,24-25,27-29H,2,5-8,10,15,17-18H2,1,3-4H3/b21-13-,22-14-/t24-,25+/m1/s1. The van der Waals surface area contributed by atoms with E-state index in [1.54, 1.807) is 0 Å². The topological polar surface area (TPSA) is 60.7 Å². The van der Waals surface area contributed by atoms with Crippen LogP contribution in [0.5, 0.6) is 0 Å². The number of hydrogen-bond acceptors (Lipinski definition) is 3. The second kappa shape index (κ2) is 10.9. The van der Waals surface area contributed by atoms with Crippen molar-refractivity contribution in [3.8, 4) is 0 Å². The highest BCUT2D eigenvalue weighted by molar-refractivity contribution is 5.68. The van der Waals surface area contributed by atoms with E-state index in [1.807, 2.05) is 19.9 Å². The summed E-state index contributed by atoms with van der Waals surface area (Å²) in [6.07, 6.45) is 10.0. The molecule has 1 aliphatic carbocycles. The quantitative estimate of drug-likeness (QED) is 0.491. The van der Waals surface area contributed by atoms with Crippen molar-refractivity contribution in [3.63, 3.8) is 0 Å². The Bertz CT molecular complexity index is 737. The predicted molar refractivity (Wildman–Crippen MR) is 122 cm³/mol. The predicted octanol–water partition coefficient (Wildman–Crippen LogP) is 5.35. The summed E-state index contributed by atoms with van der Waals surface area (Å²) < 4.78 is 0. The number of aliphatic hydroxyl groups excluding tert-OH is 2. The molecule has 3 N–H and O–H groups in total. The van der Waals surface area contributed by atoms with Crippen LogP contribution in [-0.2, 0) is 6.42 Å². The molecule has 1 saturated carbocycles. The summed E-state index contributed by atoms with van der Waals surface area (Å²) >= 11 is 0. The maximum absolute atomic E-state index is 10.0. The largest absolute Gasteiger partial charge is 0.393 e. The summed E-state index contributed by atoms with van der Waals surface area (Å²) in [6.45, 7) is 9.88. The Morgan fingerprint density at radius 2 is 1.97 bits per heavy atom. The fraction of sp³-hybridized carbons (Fsp3) is 0.538. The Balaban J connectivity index is 2.02. The van der Waals surface area contributed by atoms with E-state index >= 15 is 0 Å². The highest BCUT2D eigenvalue weighted by Crippen LogP contribution is 2.29. The lowest BCUT2D eigenvalue weighted by atomic mass is 9.86. The minimum Gasteiger partial charge on any atom is -0.393 e. The van der Waals surface area contributed by atoms with Crippen LogP contribution in [0.2, 0.25) is 0 Å². The van der Waals surface area contributed by atoms with Crippen molar-refractivity contribution in [1.82, 2.24) is 0 Å². The summed E-state index contributed by atoms with van der Waals surface area (Å²) in [6, 6.07) is 8.71. The zero-order valence-electron chi connectivity index (χ0n) is 18.3. The van der Waals surface area contributed by atoms with Crippen LogP contribution in [-0.4, -0.2) is 33.1 Å². The van der Waals surface area contributed by atoms with Gasteiger partial charge in [-0.3, -0.25) is 0 Å². The minimum absolute atomic E-state index is 0.373. The number of rotatable bonds is 9. The van der Waals surface area contributed by atoms with Crippen molar-refractivity contribution in [2.75, 3.05) is 0 Å². The van der Waals surface area contributed by atoms with E-state index in [0.717, 1.165) is 49.7 Å². The first-order valence-electron chi connectivity index (χ1n) is 11.0. The lowest BCUT2D eigenvalue weighted by molar-refractivity contribution is 0.0680. The molecule has 0 heterocycles. The van der Waals surface area contributed by atoms with Gasteiger partial charge in [0.25, 0.3) is 0 Å². The molecular weight excluding hydrogens is 360 g/mol. The molecule has 0 aliphatic heterocycles. The molecule has 0 saturated heterocycles. The van der Waals surface area contributed by atoms with Gasteiger partial charge < -0.3 is 15.3 Å². The van der Waals surface area contributed by atoms with Gasteiger partial charge in [-0.25, -0.2) is 0 Å². The smallest absolute Gasteiger partial charge is 0.0811 e. The average molecular weight is 399 g/mol.